The first-order chi connectivity index (χ1) is 14.6. The van der Waals surface area contributed by atoms with Crippen LogP contribution in [0.4, 0.5) is 11.8 Å². The fraction of sp³-hybridized carbons (Fsp3) is 0.130. The maximum Gasteiger partial charge on any atom is 0.206 e. The number of imidazole rings is 1. The molecule has 0 saturated carbocycles. The Kier molecular flexibility index (Phi) is 7.86. The standard InChI is InChI=1S/C23H23BrN4O2/c1-3-4-5-7-10-17(2)29-16-19-15-26-23(27-19)28-22-21(13-18(24)14-25-22)30-20-11-8-6-9-12-20/h3-15H,16H2,1-2H3,(H2,25,26,27,28)/b4-3-,7-5-,17-10+. The van der Waals surface area contributed by atoms with Gasteiger partial charge in [0.1, 0.15) is 12.4 Å². The molecule has 2 aromatic heterocycles. The molecule has 30 heavy (non-hydrogen) atoms. The molecule has 0 fully saturated rings. The van der Waals surface area contributed by atoms with Gasteiger partial charge in [0.25, 0.3) is 0 Å². The van der Waals surface area contributed by atoms with Crippen LogP contribution < -0.4 is 10.1 Å². The van der Waals surface area contributed by atoms with Crippen LogP contribution in [0.1, 0.15) is 19.5 Å². The first-order valence-electron chi connectivity index (χ1n) is 9.42. The molecule has 0 spiro atoms. The number of aromatic amines is 1. The second-order valence-corrected chi connectivity index (χ2v) is 7.19. The number of hydrogen-bond donors (Lipinski definition) is 2. The Labute approximate surface area is 184 Å². The van der Waals surface area contributed by atoms with E-state index in [0.717, 1.165) is 21.7 Å². The summed E-state index contributed by atoms with van der Waals surface area (Å²) in [5.41, 5.74) is 0.838. The topological polar surface area (TPSA) is 72.1 Å². The quantitative estimate of drug-likeness (QED) is 0.272. The van der Waals surface area contributed by atoms with Gasteiger partial charge < -0.3 is 19.8 Å². The van der Waals surface area contributed by atoms with E-state index < -0.39 is 0 Å². The number of para-hydroxylation sites is 1. The molecule has 0 bridgehead atoms. The van der Waals surface area contributed by atoms with Crippen molar-refractivity contribution in [3.8, 4) is 11.5 Å². The number of hydrogen-bond acceptors (Lipinski definition) is 5. The number of H-pyrrole nitrogens is 1. The van der Waals surface area contributed by atoms with Gasteiger partial charge in [-0.2, -0.15) is 0 Å². The monoisotopic (exact) mass is 466 g/mol. The molecular formula is C23H23BrN4O2. The fourth-order valence-electron chi connectivity index (χ4n) is 2.42. The predicted molar refractivity (Wildman–Crippen MR) is 123 cm³/mol. The highest BCUT2D eigenvalue weighted by atomic mass is 79.9. The lowest BCUT2D eigenvalue weighted by Crippen LogP contribution is -1.99. The zero-order valence-electron chi connectivity index (χ0n) is 16.8. The molecule has 154 valence electrons. The third-order valence-electron chi connectivity index (χ3n) is 3.86. The van der Waals surface area contributed by atoms with Crippen LogP contribution in [0, 0.1) is 0 Å². The Bertz CT molecular complexity index is 1040. The van der Waals surface area contributed by atoms with Gasteiger partial charge in [0.15, 0.2) is 11.6 Å². The molecule has 3 aromatic rings. The van der Waals surface area contributed by atoms with Gasteiger partial charge in [-0.25, -0.2) is 9.97 Å². The molecule has 0 aliphatic heterocycles. The number of nitrogens with one attached hydrogen (secondary N) is 2. The van der Waals surface area contributed by atoms with Crippen LogP contribution in [-0.2, 0) is 11.3 Å². The molecule has 1 aromatic carbocycles. The minimum atomic E-state index is 0.385. The zero-order valence-corrected chi connectivity index (χ0v) is 18.4. The zero-order chi connectivity index (χ0) is 21.2. The van der Waals surface area contributed by atoms with Gasteiger partial charge >= 0.3 is 0 Å². The highest BCUT2D eigenvalue weighted by molar-refractivity contribution is 9.10. The van der Waals surface area contributed by atoms with Gasteiger partial charge in [0, 0.05) is 16.7 Å². The van der Waals surface area contributed by atoms with Gasteiger partial charge in [-0.15, -0.1) is 0 Å². The summed E-state index contributed by atoms with van der Waals surface area (Å²) in [7, 11) is 0. The molecular weight excluding hydrogens is 444 g/mol. The second-order valence-electron chi connectivity index (χ2n) is 6.27. The number of aromatic nitrogens is 3. The Morgan fingerprint density at radius 1 is 1.13 bits per heavy atom. The van der Waals surface area contributed by atoms with Gasteiger partial charge in [0.2, 0.25) is 5.95 Å². The molecule has 2 heterocycles. The van der Waals surface area contributed by atoms with Crippen molar-refractivity contribution in [2.45, 2.75) is 20.5 Å². The SMILES string of the molecule is C\C=C/C=C\C=C(/C)OCc1cnc(Nc2ncc(Br)cc2Oc2ccccc2)[nH]1. The van der Waals surface area contributed by atoms with Crippen LogP contribution in [0.15, 0.2) is 89.4 Å². The summed E-state index contributed by atoms with van der Waals surface area (Å²) in [5, 5.41) is 3.16. The molecule has 6 nitrogen and oxygen atoms in total. The lowest BCUT2D eigenvalue weighted by molar-refractivity contribution is 0.198. The van der Waals surface area contributed by atoms with Crippen molar-refractivity contribution in [1.82, 2.24) is 15.0 Å². The third kappa shape index (κ3) is 6.63. The van der Waals surface area contributed by atoms with Crippen molar-refractivity contribution in [1.29, 1.82) is 0 Å². The van der Waals surface area contributed by atoms with E-state index in [-0.39, 0.29) is 0 Å². The van der Waals surface area contributed by atoms with E-state index in [4.69, 9.17) is 9.47 Å². The Hall–Kier alpha value is -3.32. The van der Waals surface area contributed by atoms with E-state index in [1.807, 2.05) is 80.6 Å². The summed E-state index contributed by atoms with van der Waals surface area (Å²) in [5.74, 6) is 3.22. The highest BCUT2D eigenvalue weighted by Crippen LogP contribution is 2.31. The number of rotatable bonds is 9. The van der Waals surface area contributed by atoms with Crippen molar-refractivity contribution < 1.29 is 9.47 Å². The van der Waals surface area contributed by atoms with E-state index in [2.05, 4.69) is 36.2 Å². The normalized spacial score (nSPS) is 11.9. The Morgan fingerprint density at radius 3 is 2.77 bits per heavy atom. The summed E-state index contributed by atoms with van der Waals surface area (Å²) < 4.78 is 12.5. The van der Waals surface area contributed by atoms with E-state index in [1.54, 1.807) is 12.4 Å². The van der Waals surface area contributed by atoms with E-state index in [1.165, 1.54) is 0 Å². The molecule has 7 heteroatoms. The first kappa shape index (κ1) is 21.4. The number of halogens is 1. The summed E-state index contributed by atoms with van der Waals surface area (Å²) in [6, 6.07) is 11.4. The Morgan fingerprint density at radius 2 is 1.97 bits per heavy atom. The smallest absolute Gasteiger partial charge is 0.206 e. The summed E-state index contributed by atoms with van der Waals surface area (Å²) >= 11 is 3.44. The molecule has 0 atom stereocenters. The molecule has 0 saturated heterocycles. The van der Waals surface area contributed by atoms with Crippen molar-refractivity contribution in [3.63, 3.8) is 0 Å². The van der Waals surface area contributed by atoms with Gasteiger partial charge in [-0.3, -0.25) is 0 Å². The van der Waals surface area contributed by atoms with Crippen LogP contribution in [0.2, 0.25) is 0 Å². The van der Waals surface area contributed by atoms with Crippen LogP contribution >= 0.6 is 15.9 Å². The minimum Gasteiger partial charge on any atom is -0.492 e. The maximum atomic E-state index is 5.96. The van der Waals surface area contributed by atoms with Crippen LogP contribution in [0.25, 0.3) is 0 Å². The number of benzene rings is 1. The van der Waals surface area contributed by atoms with Crippen molar-refractivity contribution in [2.75, 3.05) is 5.32 Å². The predicted octanol–water partition coefficient (Wildman–Crippen LogP) is 6.66. The number of allylic oxidation sites excluding steroid dienone is 6. The lowest BCUT2D eigenvalue weighted by Gasteiger charge is -2.11. The van der Waals surface area contributed by atoms with E-state index in [0.29, 0.717) is 24.1 Å². The number of ether oxygens (including phenoxy) is 2. The minimum absolute atomic E-state index is 0.385. The molecule has 0 unspecified atom stereocenters. The van der Waals surface area contributed by atoms with Crippen molar-refractivity contribution in [2.24, 2.45) is 0 Å². The third-order valence-corrected chi connectivity index (χ3v) is 4.29. The maximum absolute atomic E-state index is 5.96. The average Bonchev–Trinajstić information content (AvgIpc) is 3.20. The molecule has 2 N–H and O–H groups in total. The fourth-order valence-corrected chi connectivity index (χ4v) is 2.73. The highest BCUT2D eigenvalue weighted by Gasteiger charge is 2.10. The molecule has 0 aliphatic carbocycles. The molecule has 0 radical (unpaired) electrons. The number of pyridine rings is 1. The number of nitrogens with zero attached hydrogens (tertiary/aromatic N) is 2. The Balaban J connectivity index is 1.64. The average molecular weight is 467 g/mol. The van der Waals surface area contributed by atoms with E-state index >= 15 is 0 Å². The van der Waals surface area contributed by atoms with Crippen molar-refractivity contribution in [3.05, 3.63) is 95.1 Å². The number of anilines is 2. The lowest BCUT2D eigenvalue weighted by atomic mass is 10.3. The largest absolute Gasteiger partial charge is 0.492 e. The van der Waals surface area contributed by atoms with Gasteiger partial charge in [0.05, 0.1) is 17.6 Å². The van der Waals surface area contributed by atoms with Gasteiger partial charge in [-0.1, -0.05) is 42.5 Å². The van der Waals surface area contributed by atoms with Gasteiger partial charge in [-0.05, 0) is 48.0 Å². The molecule has 0 amide bonds. The van der Waals surface area contributed by atoms with Crippen molar-refractivity contribution >= 4 is 27.7 Å². The summed E-state index contributed by atoms with van der Waals surface area (Å²) in [6.07, 6.45) is 13.1. The summed E-state index contributed by atoms with van der Waals surface area (Å²) in [6.45, 7) is 4.27. The molecule has 0 aliphatic rings. The van der Waals surface area contributed by atoms with Crippen LogP contribution in [0.3, 0.4) is 0 Å². The van der Waals surface area contributed by atoms with Crippen LogP contribution in [-0.4, -0.2) is 15.0 Å². The summed E-state index contributed by atoms with van der Waals surface area (Å²) in [4.78, 5) is 11.9. The first-order valence-corrected chi connectivity index (χ1v) is 10.2. The van der Waals surface area contributed by atoms with Crippen LogP contribution in [0.5, 0.6) is 11.5 Å². The van der Waals surface area contributed by atoms with E-state index in [9.17, 15) is 0 Å². The second kappa shape index (κ2) is 11.0. The molecule has 3 rings (SSSR count).